The van der Waals surface area contributed by atoms with Gasteiger partial charge in [0.1, 0.15) is 0 Å². The summed E-state index contributed by atoms with van der Waals surface area (Å²) in [6.45, 7) is 4.02. The molecule has 0 aliphatic carbocycles. The number of rotatable bonds is 3. The maximum Gasteiger partial charge on any atom is 0.220 e. The lowest BCUT2D eigenvalue weighted by Crippen LogP contribution is -2.30. The molecule has 1 aliphatic rings. The number of carbonyl (C=O) groups is 1. The normalized spacial score (nSPS) is 26.8. The van der Waals surface area contributed by atoms with Crippen molar-refractivity contribution in [1.29, 1.82) is 0 Å². The van der Waals surface area contributed by atoms with Crippen molar-refractivity contribution in [2.24, 2.45) is 17.6 Å². The van der Waals surface area contributed by atoms with E-state index in [4.69, 9.17) is 5.73 Å². The van der Waals surface area contributed by atoms with E-state index in [1.54, 1.807) is 0 Å². The maximum absolute atomic E-state index is 10.9. The minimum atomic E-state index is -0.138. The summed E-state index contributed by atoms with van der Waals surface area (Å²) in [6.07, 6.45) is 1.98. The van der Waals surface area contributed by atoms with Crippen molar-refractivity contribution >= 4 is 5.91 Å². The molecule has 2 unspecified atom stereocenters. The fourth-order valence-corrected chi connectivity index (χ4v) is 1.79. The molecule has 1 rings (SSSR count). The topological polar surface area (TPSA) is 55.1 Å². The Balaban J connectivity index is 2.46. The van der Waals surface area contributed by atoms with Gasteiger partial charge in [-0.25, -0.2) is 0 Å². The van der Waals surface area contributed by atoms with Crippen LogP contribution < -0.4 is 11.1 Å². The van der Waals surface area contributed by atoms with Gasteiger partial charge in [0.25, 0.3) is 0 Å². The summed E-state index contributed by atoms with van der Waals surface area (Å²) in [5.41, 5.74) is 5.26. The number of primary amides is 1. The van der Waals surface area contributed by atoms with Gasteiger partial charge in [-0.1, -0.05) is 6.92 Å². The van der Waals surface area contributed by atoms with Crippen molar-refractivity contribution in [3.8, 4) is 0 Å². The first-order valence-electron chi connectivity index (χ1n) is 4.25. The van der Waals surface area contributed by atoms with Crippen LogP contribution in [0.1, 0.15) is 19.8 Å². The van der Waals surface area contributed by atoms with Crippen LogP contribution >= 0.6 is 0 Å². The zero-order valence-corrected chi connectivity index (χ0v) is 6.97. The molecule has 1 amide bonds. The van der Waals surface area contributed by atoms with Gasteiger partial charge in [0.2, 0.25) is 5.91 Å². The fourth-order valence-electron chi connectivity index (χ4n) is 1.79. The Bertz CT molecular complexity index is 141. The van der Waals surface area contributed by atoms with Crippen LogP contribution in [0.5, 0.6) is 0 Å². The van der Waals surface area contributed by atoms with Gasteiger partial charge in [0.15, 0.2) is 0 Å². The molecule has 0 aromatic rings. The Morgan fingerprint density at radius 1 is 1.82 bits per heavy atom. The van der Waals surface area contributed by atoms with Gasteiger partial charge < -0.3 is 11.1 Å². The summed E-state index contributed by atoms with van der Waals surface area (Å²) in [5.74, 6) is 0.434. The lowest BCUT2D eigenvalue weighted by atomic mass is 9.89. The molecule has 0 spiro atoms. The number of nitrogens with one attached hydrogen (secondary N) is 1. The standard InChI is InChI=1S/C8H16N2O/c1-2-7(8(9)11)6-3-4-10-5-6/h6-7,10H,2-5H2,1H3,(H2,9,11). The predicted molar refractivity (Wildman–Crippen MR) is 44.0 cm³/mol. The molecule has 1 aliphatic heterocycles. The summed E-state index contributed by atoms with van der Waals surface area (Å²) >= 11 is 0. The van der Waals surface area contributed by atoms with E-state index in [9.17, 15) is 4.79 Å². The first kappa shape index (κ1) is 8.53. The van der Waals surface area contributed by atoms with Gasteiger partial charge in [0, 0.05) is 5.92 Å². The molecule has 64 valence electrons. The summed E-state index contributed by atoms with van der Waals surface area (Å²) in [5, 5.41) is 3.23. The average Bonchev–Trinajstić information content (AvgIpc) is 2.40. The van der Waals surface area contributed by atoms with Crippen LogP contribution in [-0.4, -0.2) is 19.0 Å². The summed E-state index contributed by atoms with van der Waals surface area (Å²) in [6, 6.07) is 0. The SMILES string of the molecule is CCC(C(N)=O)C1CCNC1. The molecule has 3 N–H and O–H groups in total. The molecule has 3 nitrogen and oxygen atoms in total. The van der Waals surface area contributed by atoms with Gasteiger partial charge in [-0.2, -0.15) is 0 Å². The predicted octanol–water partition coefficient (Wildman–Crippen LogP) is 0.107. The third kappa shape index (κ3) is 1.93. The molecule has 0 radical (unpaired) electrons. The first-order valence-corrected chi connectivity index (χ1v) is 4.25. The highest BCUT2D eigenvalue weighted by atomic mass is 16.1. The van der Waals surface area contributed by atoms with Crippen molar-refractivity contribution in [2.45, 2.75) is 19.8 Å². The lowest BCUT2D eigenvalue weighted by molar-refractivity contribution is -0.123. The smallest absolute Gasteiger partial charge is 0.220 e. The Morgan fingerprint density at radius 2 is 2.55 bits per heavy atom. The van der Waals surface area contributed by atoms with Crippen molar-refractivity contribution in [1.82, 2.24) is 5.32 Å². The molecule has 2 atom stereocenters. The molecule has 0 bridgehead atoms. The fraction of sp³-hybridized carbons (Fsp3) is 0.875. The van der Waals surface area contributed by atoms with Gasteiger partial charge in [-0.3, -0.25) is 4.79 Å². The van der Waals surface area contributed by atoms with Gasteiger partial charge in [-0.05, 0) is 31.8 Å². The summed E-state index contributed by atoms with van der Waals surface area (Å²) in [7, 11) is 0. The monoisotopic (exact) mass is 156 g/mol. The van der Waals surface area contributed by atoms with Crippen molar-refractivity contribution in [3.63, 3.8) is 0 Å². The zero-order chi connectivity index (χ0) is 8.27. The Kier molecular flexibility index (Phi) is 2.88. The quantitative estimate of drug-likeness (QED) is 0.609. The Hall–Kier alpha value is -0.570. The number of hydrogen-bond donors (Lipinski definition) is 2. The molecule has 1 fully saturated rings. The molecule has 1 heterocycles. The zero-order valence-electron chi connectivity index (χ0n) is 6.97. The molecule has 11 heavy (non-hydrogen) atoms. The highest BCUT2D eigenvalue weighted by molar-refractivity contribution is 5.76. The van der Waals surface area contributed by atoms with Crippen LogP contribution in [0.3, 0.4) is 0 Å². The molecule has 0 aromatic heterocycles. The van der Waals surface area contributed by atoms with Crippen molar-refractivity contribution in [3.05, 3.63) is 0 Å². The average molecular weight is 156 g/mol. The third-order valence-electron chi connectivity index (χ3n) is 2.47. The van der Waals surface area contributed by atoms with E-state index in [2.05, 4.69) is 5.32 Å². The maximum atomic E-state index is 10.9. The largest absolute Gasteiger partial charge is 0.369 e. The van der Waals surface area contributed by atoms with Gasteiger partial charge in [0.05, 0.1) is 0 Å². The Morgan fingerprint density at radius 3 is 2.91 bits per heavy atom. The van der Waals surface area contributed by atoms with E-state index in [0.29, 0.717) is 5.92 Å². The molecular formula is C8H16N2O. The molecule has 0 saturated carbocycles. The van der Waals surface area contributed by atoms with Gasteiger partial charge >= 0.3 is 0 Å². The second-order valence-electron chi connectivity index (χ2n) is 3.17. The number of carbonyl (C=O) groups excluding carboxylic acids is 1. The Labute approximate surface area is 67.3 Å². The lowest BCUT2D eigenvalue weighted by Gasteiger charge is -2.16. The van der Waals surface area contributed by atoms with Crippen LogP contribution in [-0.2, 0) is 4.79 Å². The van der Waals surface area contributed by atoms with E-state index >= 15 is 0 Å². The molecule has 0 aromatic carbocycles. The van der Waals surface area contributed by atoms with E-state index in [1.165, 1.54) is 0 Å². The van der Waals surface area contributed by atoms with Crippen LogP contribution in [0.4, 0.5) is 0 Å². The van der Waals surface area contributed by atoms with E-state index in [1.807, 2.05) is 6.92 Å². The van der Waals surface area contributed by atoms with Crippen LogP contribution in [0.2, 0.25) is 0 Å². The third-order valence-corrected chi connectivity index (χ3v) is 2.47. The number of hydrogen-bond acceptors (Lipinski definition) is 2. The first-order chi connectivity index (χ1) is 5.25. The van der Waals surface area contributed by atoms with Gasteiger partial charge in [-0.15, -0.1) is 0 Å². The number of amides is 1. The summed E-state index contributed by atoms with van der Waals surface area (Å²) < 4.78 is 0. The van der Waals surface area contributed by atoms with Crippen molar-refractivity contribution < 1.29 is 4.79 Å². The van der Waals surface area contributed by atoms with Crippen LogP contribution in [0.25, 0.3) is 0 Å². The minimum Gasteiger partial charge on any atom is -0.369 e. The van der Waals surface area contributed by atoms with E-state index in [-0.39, 0.29) is 11.8 Å². The molecule has 3 heteroatoms. The number of nitrogens with two attached hydrogens (primary N) is 1. The van der Waals surface area contributed by atoms with E-state index < -0.39 is 0 Å². The highest BCUT2D eigenvalue weighted by Crippen LogP contribution is 2.21. The molecule has 1 saturated heterocycles. The highest BCUT2D eigenvalue weighted by Gasteiger charge is 2.26. The van der Waals surface area contributed by atoms with Crippen LogP contribution in [0, 0.1) is 11.8 Å². The van der Waals surface area contributed by atoms with E-state index in [0.717, 1.165) is 25.9 Å². The molecular weight excluding hydrogens is 140 g/mol. The van der Waals surface area contributed by atoms with Crippen molar-refractivity contribution in [2.75, 3.05) is 13.1 Å². The minimum absolute atomic E-state index is 0.0880. The summed E-state index contributed by atoms with van der Waals surface area (Å²) in [4.78, 5) is 10.9. The van der Waals surface area contributed by atoms with Crippen LogP contribution in [0.15, 0.2) is 0 Å². The second-order valence-corrected chi connectivity index (χ2v) is 3.17. The second kappa shape index (κ2) is 3.72.